The number of hydrogen-bond donors (Lipinski definition) is 10. The van der Waals surface area contributed by atoms with Gasteiger partial charge in [0.15, 0.2) is 0 Å². The number of unbranched alkanes of at least 4 members (excludes halogenated alkanes) is 1. The fourth-order valence-electron chi connectivity index (χ4n) is 8.43. The number of urea groups is 1. The highest BCUT2D eigenvalue weighted by molar-refractivity contribution is 5.95. The third-order valence-corrected chi connectivity index (χ3v) is 12.4. The molecule has 0 saturated carbocycles. The largest absolute Gasteiger partial charge is 0.481 e. The fourth-order valence-corrected chi connectivity index (χ4v) is 8.43. The number of amides is 4. The van der Waals surface area contributed by atoms with Crippen molar-refractivity contribution in [3.63, 3.8) is 0 Å². The number of rotatable bonds is 28. The highest BCUT2D eigenvalue weighted by Crippen LogP contribution is 2.21. The summed E-state index contributed by atoms with van der Waals surface area (Å²) in [6.45, 7) is 0.0311. The molecule has 10 N–H and O–H groups in total. The molecular formula is C49H65N9O17. The number of carbonyl (C=O) groups excluding carboxylic acids is 3. The summed E-state index contributed by atoms with van der Waals surface area (Å²) in [5.74, 6) is -9.65. The van der Waals surface area contributed by atoms with Gasteiger partial charge in [0.2, 0.25) is 5.91 Å². The topological polar surface area (TPSA) is 377 Å². The van der Waals surface area contributed by atoms with Gasteiger partial charge in [0.05, 0.1) is 19.6 Å². The van der Waals surface area contributed by atoms with Crippen LogP contribution < -0.4 is 16.0 Å². The maximum atomic E-state index is 14.2. The highest BCUT2D eigenvalue weighted by atomic mass is 16.4. The number of pyridine rings is 1. The maximum Gasteiger partial charge on any atom is 0.326 e. The first-order valence-electron chi connectivity index (χ1n) is 24.2. The second-order valence-electron chi connectivity index (χ2n) is 18.0. The SMILES string of the molecule is O=C(O)CC[C@@H](NC(=O)N[C@H](CCCCN(Cc1cncc2ccccc12)C(=O)c1ccc(CNC(=O)CCC(C(=O)O)N2CCN(CC(=O)O)CCN(CC(=O)O)CCN(CC(=O)O)CC2)cc1)C(=O)O)C(=O)O. The Morgan fingerprint density at radius 3 is 1.63 bits per heavy atom. The van der Waals surface area contributed by atoms with Crippen LogP contribution in [0.5, 0.6) is 0 Å². The van der Waals surface area contributed by atoms with Gasteiger partial charge >= 0.3 is 47.8 Å². The zero-order chi connectivity index (χ0) is 55.0. The van der Waals surface area contributed by atoms with Crippen LogP contribution in [0.3, 0.4) is 0 Å². The Hall–Kier alpha value is -7.81. The van der Waals surface area contributed by atoms with Crippen LogP contribution in [0.4, 0.5) is 4.79 Å². The van der Waals surface area contributed by atoms with E-state index in [1.165, 1.54) is 0 Å². The van der Waals surface area contributed by atoms with Crippen LogP contribution in [0.15, 0.2) is 60.9 Å². The van der Waals surface area contributed by atoms with Gasteiger partial charge in [-0.15, -0.1) is 0 Å². The Morgan fingerprint density at radius 1 is 0.573 bits per heavy atom. The minimum absolute atomic E-state index is 0.0173. The van der Waals surface area contributed by atoms with E-state index in [1.807, 2.05) is 24.3 Å². The fraction of sp³-hybridized carbons (Fsp3) is 0.490. The molecular weight excluding hydrogens is 987 g/mol. The summed E-state index contributed by atoms with van der Waals surface area (Å²) < 4.78 is 0. The van der Waals surface area contributed by atoms with Gasteiger partial charge < -0.3 is 56.6 Å². The number of nitrogens with one attached hydrogen (secondary N) is 3. The molecule has 26 nitrogen and oxygen atoms in total. The summed E-state index contributed by atoms with van der Waals surface area (Å²) in [4.78, 5) is 134. The molecule has 0 radical (unpaired) electrons. The zero-order valence-corrected chi connectivity index (χ0v) is 41.3. The third-order valence-electron chi connectivity index (χ3n) is 12.4. The number of aromatic nitrogens is 1. The van der Waals surface area contributed by atoms with Crippen LogP contribution in [0.2, 0.25) is 0 Å². The van der Waals surface area contributed by atoms with Gasteiger partial charge in [-0.1, -0.05) is 36.4 Å². The lowest BCUT2D eigenvalue weighted by atomic mass is 10.1. The first-order valence-corrected chi connectivity index (χ1v) is 24.2. The first kappa shape index (κ1) is 59.8. The smallest absolute Gasteiger partial charge is 0.326 e. The number of nitrogens with zero attached hydrogens (tertiary/aromatic N) is 6. The molecule has 26 heteroatoms. The first-order chi connectivity index (χ1) is 35.7. The van der Waals surface area contributed by atoms with Crippen molar-refractivity contribution in [3.05, 3.63) is 77.6 Å². The molecule has 3 aromatic rings. The number of carbonyl (C=O) groups is 10. The van der Waals surface area contributed by atoms with Crippen molar-refractivity contribution < 1.29 is 83.7 Å². The summed E-state index contributed by atoms with van der Waals surface area (Å²) in [7, 11) is 0. The van der Waals surface area contributed by atoms with Gasteiger partial charge in [-0.25, -0.2) is 14.4 Å². The standard InChI is InChI=1S/C49H65N9O17/c59-40(14-13-39(48(73)74)57-23-21-55(30-43(64)65)19-17-54(29-42(62)63)18-20-56(22-24-57)31-44(66)67)51-25-32-8-10-33(11-9-32)45(68)58(28-35-27-50-26-34-5-1-2-6-36(34)35)16-4-3-7-37(46(69)70)52-49(75)53-38(47(71)72)12-15-41(60)61/h1-2,5-6,8-11,26-27,37-39H,3-4,7,12-25,28-31H2,(H,51,59)(H,60,61)(H,62,63)(H,64,65)(H,66,67)(H,69,70)(H,71,72)(H,73,74)(H2,52,53,75)/t37-,38-,39?/m1/s1. The molecule has 2 aromatic carbocycles. The molecule has 1 unspecified atom stereocenters. The lowest BCUT2D eigenvalue weighted by molar-refractivity contribution is -0.145. The van der Waals surface area contributed by atoms with Crippen molar-refractivity contribution in [2.24, 2.45) is 0 Å². The summed E-state index contributed by atoms with van der Waals surface area (Å²) in [6.07, 6.45) is 2.38. The number of benzene rings is 2. The van der Waals surface area contributed by atoms with E-state index >= 15 is 0 Å². The number of hydrogen-bond acceptors (Lipinski definition) is 15. The molecule has 0 bridgehead atoms. The molecule has 1 fully saturated rings. The second-order valence-corrected chi connectivity index (χ2v) is 18.0. The summed E-state index contributed by atoms with van der Waals surface area (Å²) in [5.41, 5.74) is 1.63. The molecule has 4 amide bonds. The van der Waals surface area contributed by atoms with Crippen molar-refractivity contribution in [2.75, 3.05) is 78.5 Å². The summed E-state index contributed by atoms with van der Waals surface area (Å²) in [6, 6.07) is 8.56. The second kappa shape index (κ2) is 30.4. The van der Waals surface area contributed by atoms with Crippen molar-refractivity contribution in [2.45, 2.75) is 76.2 Å². The van der Waals surface area contributed by atoms with Gasteiger partial charge in [-0.3, -0.25) is 58.1 Å². The Morgan fingerprint density at radius 2 is 1.11 bits per heavy atom. The quantitative estimate of drug-likeness (QED) is 0.0441. The summed E-state index contributed by atoms with van der Waals surface area (Å²) >= 11 is 0. The lowest BCUT2D eigenvalue weighted by Crippen LogP contribution is -2.52. The monoisotopic (exact) mass is 1050 g/mol. The minimum atomic E-state index is -1.57. The number of aliphatic carboxylic acids is 7. The van der Waals surface area contributed by atoms with Crippen LogP contribution in [0, 0.1) is 0 Å². The van der Waals surface area contributed by atoms with Crippen LogP contribution in [0.25, 0.3) is 10.8 Å². The van der Waals surface area contributed by atoms with Gasteiger partial charge in [0.25, 0.3) is 5.91 Å². The number of carboxylic acids is 7. The van der Waals surface area contributed by atoms with Gasteiger partial charge in [-0.05, 0) is 60.7 Å². The molecule has 1 saturated heterocycles. The van der Waals surface area contributed by atoms with E-state index in [0.717, 1.165) is 16.3 Å². The van der Waals surface area contributed by atoms with Crippen LogP contribution in [-0.2, 0) is 51.4 Å². The van der Waals surface area contributed by atoms with E-state index in [-0.39, 0.29) is 122 Å². The lowest BCUT2D eigenvalue weighted by Gasteiger charge is -2.35. The van der Waals surface area contributed by atoms with E-state index < -0.39 is 97.8 Å². The number of carboxylic acid groups (broad SMARTS) is 7. The molecule has 75 heavy (non-hydrogen) atoms. The predicted molar refractivity (Wildman–Crippen MR) is 264 cm³/mol. The van der Waals surface area contributed by atoms with Crippen molar-refractivity contribution in [1.82, 2.24) is 45.4 Å². The van der Waals surface area contributed by atoms with E-state index in [0.29, 0.717) is 5.56 Å². The van der Waals surface area contributed by atoms with Crippen molar-refractivity contribution in [3.8, 4) is 0 Å². The van der Waals surface area contributed by atoms with Gasteiger partial charge in [0, 0.05) is 108 Å². The van der Waals surface area contributed by atoms with Gasteiger partial charge in [-0.2, -0.15) is 0 Å². The van der Waals surface area contributed by atoms with E-state index in [9.17, 15) is 78.6 Å². The third kappa shape index (κ3) is 21.3. The molecule has 0 spiro atoms. The van der Waals surface area contributed by atoms with Crippen molar-refractivity contribution >= 4 is 70.4 Å². The Labute approximate surface area is 430 Å². The van der Waals surface area contributed by atoms with Crippen LogP contribution in [-0.4, -0.2) is 222 Å². The molecule has 4 rings (SSSR count). The summed E-state index contributed by atoms with van der Waals surface area (Å²) in [5, 5.41) is 75.8. The van der Waals surface area contributed by atoms with E-state index in [4.69, 9.17) is 5.11 Å². The predicted octanol–water partition coefficient (Wildman–Crippen LogP) is 0.443. The molecule has 408 valence electrons. The molecule has 2 heterocycles. The molecule has 1 aromatic heterocycles. The molecule has 1 aliphatic heterocycles. The van der Waals surface area contributed by atoms with Gasteiger partial charge in [0.1, 0.15) is 18.1 Å². The normalized spacial score (nSPS) is 15.5. The Kier molecular flexibility index (Phi) is 24.2. The molecule has 0 aliphatic carbocycles. The average Bonchev–Trinajstić information content (AvgIpc) is 3.34. The maximum absolute atomic E-state index is 14.2. The minimum Gasteiger partial charge on any atom is -0.481 e. The van der Waals surface area contributed by atoms with Crippen LogP contribution in [0.1, 0.15) is 66.4 Å². The zero-order valence-electron chi connectivity index (χ0n) is 41.3. The molecule has 3 atom stereocenters. The Balaban J connectivity index is 1.40. The Bertz CT molecular complexity index is 2440. The molecule has 1 aliphatic rings. The van der Waals surface area contributed by atoms with Crippen molar-refractivity contribution in [1.29, 1.82) is 0 Å². The number of fused-ring (bicyclic) bond motifs is 1. The van der Waals surface area contributed by atoms with E-state index in [2.05, 4.69) is 20.9 Å². The van der Waals surface area contributed by atoms with E-state index in [1.54, 1.807) is 61.2 Å². The average molecular weight is 1050 g/mol. The highest BCUT2D eigenvalue weighted by Gasteiger charge is 2.30. The van der Waals surface area contributed by atoms with Crippen LogP contribution >= 0.6 is 0 Å².